The summed E-state index contributed by atoms with van der Waals surface area (Å²) in [5, 5.41) is 0. The van der Waals surface area contributed by atoms with Crippen LogP contribution >= 0.6 is 0 Å². The van der Waals surface area contributed by atoms with Crippen LogP contribution in [0.25, 0.3) is 0 Å². The number of nitrogens with zero attached hydrogens (tertiary/aromatic N) is 1. The highest BCUT2D eigenvalue weighted by Gasteiger charge is 2.28. The minimum Gasteiger partial charge on any atom is -0.207 e. The first-order chi connectivity index (χ1) is 9.93. The summed E-state index contributed by atoms with van der Waals surface area (Å²) in [5.41, 5.74) is 1.76. The van der Waals surface area contributed by atoms with Crippen molar-refractivity contribution in [3.8, 4) is 0 Å². The predicted octanol–water partition coefficient (Wildman–Crippen LogP) is 3.59. The van der Waals surface area contributed by atoms with Crippen molar-refractivity contribution in [2.75, 3.05) is 0 Å². The van der Waals surface area contributed by atoms with E-state index in [-0.39, 0.29) is 6.04 Å². The first-order valence-electron chi connectivity index (χ1n) is 7.04. The van der Waals surface area contributed by atoms with Gasteiger partial charge < -0.3 is 0 Å². The highest BCUT2D eigenvalue weighted by atomic mass is 32.2. The first-order valence-corrected chi connectivity index (χ1v) is 8.48. The maximum atomic E-state index is 12.9. The van der Waals surface area contributed by atoms with E-state index >= 15 is 0 Å². The summed E-state index contributed by atoms with van der Waals surface area (Å²) in [4.78, 5) is 0.384. The molecule has 0 unspecified atom stereocenters. The van der Waals surface area contributed by atoms with E-state index in [4.69, 9.17) is 0 Å². The van der Waals surface area contributed by atoms with Gasteiger partial charge in [0.25, 0.3) is 0 Å². The Morgan fingerprint density at radius 3 is 2.10 bits per heavy atom. The van der Waals surface area contributed by atoms with E-state index in [1.807, 2.05) is 63.2 Å². The molecular formula is C17H21NO2S. The Morgan fingerprint density at radius 2 is 1.52 bits per heavy atom. The van der Waals surface area contributed by atoms with Crippen LogP contribution in [-0.4, -0.2) is 18.8 Å². The lowest BCUT2D eigenvalue weighted by Gasteiger charge is -2.26. The summed E-state index contributed by atoms with van der Waals surface area (Å²) >= 11 is 0. The Morgan fingerprint density at radius 1 is 0.952 bits per heavy atom. The fourth-order valence-corrected chi connectivity index (χ4v) is 4.13. The van der Waals surface area contributed by atoms with Crippen LogP contribution in [-0.2, 0) is 16.6 Å². The maximum Gasteiger partial charge on any atom is 0.243 e. The second-order valence-electron chi connectivity index (χ2n) is 5.40. The van der Waals surface area contributed by atoms with Crippen molar-refractivity contribution in [3.05, 3.63) is 65.7 Å². The van der Waals surface area contributed by atoms with E-state index in [0.29, 0.717) is 11.4 Å². The highest BCUT2D eigenvalue weighted by Crippen LogP contribution is 2.23. The van der Waals surface area contributed by atoms with Gasteiger partial charge in [0.05, 0.1) is 4.90 Å². The van der Waals surface area contributed by atoms with Gasteiger partial charge in [0.2, 0.25) is 10.0 Å². The molecule has 0 aliphatic heterocycles. The molecule has 21 heavy (non-hydrogen) atoms. The number of hydrogen-bond acceptors (Lipinski definition) is 2. The van der Waals surface area contributed by atoms with E-state index in [0.717, 1.165) is 11.1 Å². The van der Waals surface area contributed by atoms with Gasteiger partial charge in [-0.1, -0.05) is 48.5 Å². The molecule has 0 fully saturated rings. The fourth-order valence-electron chi connectivity index (χ4n) is 2.28. The molecule has 0 atom stereocenters. The standard InChI is InChI=1S/C17H21NO2S/c1-14(2)18(13-16-10-5-4-6-11-16)21(19,20)17-12-8-7-9-15(17)3/h4-12,14H,13H2,1-3H3. The number of benzene rings is 2. The van der Waals surface area contributed by atoms with Gasteiger partial charge in [-0.25, -0.2) is 8.42 Å². The van der Waals surface area contributed by atoms with Crippen molar-refractivity contribution in [1.29, 1.82) is 0 Å². The molecule has 0 aliphatic carbocycles. The maximum absolute atomic E-state index is 12.9. The molecule has 0 aromatic heterocycles. The lowest BCUT2D eigenvalue weighted by atomic mass is 10.2. The fraction of sp³-hybridized carbons (Fsp3) is 0.294. The van der Waals surface area contributed by atoms with Crippen LogP contribution in [0.2, 0.25) is 0 Å². The Hall–Kier alpha value is -1.65. The van der Waals surface area contributed by atoms with Crippen LogP contribution in [0, 0.1) is 6.92 Å². The summed E-state index contributed by atoms with van der Waals surface area (Å²) in [6, 6.07) is 16.7. The molecule has 2 aromatic carbocycles. The second kappa shape index (κ2) is 6.41. The van der Waals surface area contributed by atoms with Crippen LogP contribution < -0.4 is 0 Å². The Bertz CT molecular complexity index is 694. The van der Waals surface area contributed by atoms with Gasteiger partial charge in [-0.3, -0.25) is 0 Å². The van der Waals surface area contributed by atoms with Crippen molar-refractivity contribution in [2.45, 2.75) is 38.3 Å². The van der Waals surface area contributed by atoms with Gasteiger partial charge in [0, 0.05) is 12.6 Å². The van der Waals surface area contributed by atoms with Gasteiger partial charge in [-0.2, -0.15) is 4.31 Å². The summed E-state index contributed by atoms with van der Waals surface area (Å²) < 4.78 is 27.4. The summed E-state index contributed by atoms with van der Waals surface area (Å²) in [5.74, 6) is 0. The first kappa shape index (κ1) is 15.7. The Balaban J connectivity index is 2.40. The normalized spacial score (nSPS) is 12.0. The van der Waals surface area contributed by atoms with Crippen LogP contribution in [0.4, 0.5) is 0 Å². The average molecular weight is 303 g/mol. The minimum absolute atomic E-state index is 0.102. The number of aryl methyl sites for hydroxylation is 1. The van der Waals surface area contributed by atoms with Crippen molar-refractivity contribution >= 4 is 10.0 Å². The highest BCUT2D eigenvalue weighted by molar-refractivity contribution is 7.89. The quantitative estimate of drug-likeness (QED) is 0.846. The minimum atomic E-state index is -3.50. The molecule has 0 spiro atoms. The van der Waals surface area contributed by atoms with Crippen LogP contribution in [0.1, 0.15) is 25.0 Å². The van der Waals surface area contributed by atoms with E-state index in [1.165, 1.54) is 0 Å². The lowest BCUT2D eigenvalue weighted by Crippen LogP contribution is -2.36. The van der Waals surface area contributed by atoms with Gasteiger partial charge >= 0.3 is 0 Å². The largest absolute Gasteiger partial charge is 0.243 e. The molecule has 2 aromatic rings. The molecule has 0 saturated heterocycles. The monoisotopic (exact) mass is 303 g/mol. The molecule has 2 rings (SSSR count). The van der Waals surface area contributed by atoms with Crippen LogP contribution in [0.15, 0.2) is 59.5 Å². The molecule has 0 amide bonds. The van der Waals surface area contributed by atoms with E-state index in [9.17, 15) is 8.42 Å². The molecule has 0 radical (unpaired) electrons. The molecule has 0 N–H and O–H groups in total. The van der Waals surface area contributed by atoms with Crippen molar-refractivity contribution in [2.24, 2.45) is 0 Å². The molecule has 0 saturated carbocycles. The van der Waals surface area contributed by atoms with Gasteiger partial charge in [0.15, 0.2) is 0 Å². The van der Waals surface area contributed by atoms with Crippen molar-refractivity contribution in [1.82, 2.24) is 4.31 Å². The summed E-state index contributed by atoms with van der Waals surface area (Å²) in [6.45, 7) is 6.01. The zero-order valence-corrected chi connectivity index (χ0v) is 13.5. The average Bonchev–Trinajstić information content (AvgIpc) is 2.45. The molecule has 112 valence electrons. The van der Waals surface area contributed by atoms with Gasteiger partial charge in [-0.05, 0) is 38.0 Å². The summed E-state index contributed by atoms with van der Waals surface area (Å²) in [6.07, 6.45) is 0. The number of hydrogen-bond donors (Lipinski definition) is 0. The van der Waals surface area contributed by atoms with E-state index in [2.05, 4.69) is 0 Å². The van der Waals surface area contributed by atoms with Gasteiger partial charge in [-0.15, -0.1) is 0 Å². The number of sulfonamides is 1. The molecule has 0 aliphatic rings. The molecular weight excluding hydrogens is 282 g/mol. The second-order valence-corrected chi connectivity index (χ2v) is 7.25. The van der Waals surface area contributed by atoms with Crippen molar-refractivity contribution in [3.63, 3.8) is 0 Å². The number of rotatable bonds is 5. The molecule has 0 bridgehead atoms. The molecule has 4 heteroatoms. The van der Waals surface area contributed by atoms with Crippen molar-refractivity contribution < 1.29 is 8.42 Å². The third kappa shape index (κ3) is 3.52. The van der Waals surface area contributed by atoms with Crippen LogP contribution in [0.3, 0.4) is 0 Å². The zero-order valence-electron chi connectivity index (χ0n) is 12.7. The van der Waals surface area contributed by atoms with Crippen LogP contribution in [0.5, 0.6) is 0 Å². The van der Waals surface area contributed by atoms with E-state index in [1.54, 1.807) is 16.4 Å². The summed E-state index contributed by atoms with van der Waals surface area (Å²) in [7, 11) is -3.50. The Labute approximate surface area is 127 Å². The zero-order chi connectivity index (χ0) is 15.5. The lowest BCUT2D eigenvalue weighted by molar-refractivity contribution is 0.348. The third-order valence-electron chi connectivity index (χ3n) is 3.44. The molecule has 3 nitrogen and oxygen atoms in total. The van der Waals surface area contributed by atoms with Gasteiger partial charge in [0.1, 0.15) is 0 Å². The topological polar surface area (TPSA) is 37.4 Å². The SMILES string of the molecule is Cc1ccccc1S(=O)(=O)N(Cc1ccccc1)C(C)C. The van der Waals surface area contributed by atoms with E-state index < -0.39 is 10.0 Å². The third-order valence-corrected chi connectivity index (χ3v) is 5.62. The Kier molecular flexibility index (Phi) is 4.80. The predicted molar refractivity (Wildman–Crippen MR) is 85.5 cm³/mol. The smallest absolute Gasteiger partial charge is 0.207 e. The molecule has 0 heterocycles.